The van der Waals surface area contributed by atoms with Crippen molar-refractivity contribution in [1.82, 2.24) is 10.2 Å². The third-order valence-corrected chi connectivity index (χ3v) is 3.00. The Labute approximate surface area is 115 Å². The summed E-state index contributed by atoms with van der Waals surface area (Å²) < 4.78 is 26.2. The highest BCUT2D eigenvalue weighted by Gasteiger charge is 2.24. The van der Waals surface area contributed by atoms with Gasteiger partial charge in [-0.2, -0.15) is 0 Å². The van der Waals surface area contributed by atoms with Gasteiger partial charge in [0, 0.05) is 12.1 Å². The van der Waals surface area contributed by atoms with Gasteiger partial charge in [0.15, 0.2) is 5.78 Å². The third-order valence-electron chi connectivity index (χ3n) is 3.00. The number of rotatable bonds is 6. The molecule has 108 valence electrons. The van der Waals surface area contributed by atoms with Gasteiger partial charge in [-0.15, -0.1) is 0 Å². The number of amides is 1. The van der Waals surface area contributed by atoms with Crippen LogP contribution in [0.1, 0.15) is 23.2 Å². The van der Waals surface area contributed by atoms with Gasteiger partial charge in [-0.3, -0.25) is 14.5 Å². The summed E-state index contributed by atoms with van der Waals surface area (Å²) in [4.78, 5) is 24.9. The van der Waals surface area contributed by atoms with E-state index in [2.05, 4.69) is 5.32 Å². The molecule has 1 aliphatic carbocycles. The van der Waals surface area contributed by atoms with Gasteiger partial charge in [-0.05, 0) is 32.0 Å². The molecule has 0 atom stereocenters. The predicted molar refractivity (Wildman–Crippen MR) is 69.4 cm³/mol. The molecule has 1 aromatic rings. The second kappa shape index (κ2) is 6.09. The Bertz CT molecular complexity index is 530. The zero-order chi connectivity index (χ0) is 14.7. The topological polar surface area (TPSA) is 49.4 Å². The van der Waals surface area contributed by atoms with Gasteiger partial charge < -0.3 is 5.32 Å². The summed E-state index contributed by atoms with van der Waals surface area (Å²) in [5.41, 5.74) is -0.166. The first-order valence-electron chi connectivity index (χ1n) is 6.42. The van der Waals surface area contributed by atoms with Crippen molar-refractivity contribution in [3.8, 4) is 0 Å². The van der Waals surface area contributed by atoms with Gasteiger partial charge in [-0.25, -0.2) is 8.78 Å². The Morgan fingerprint density at radius 3 is 2.60 bits per heavy atom. The minimum Gasteiger partial charge on any atom is -0.352 e. The van der Waals surface area contributed by atoms with E-state index in [0.29, 0.717) is 6.07 Å². The van der Waals surface area contributed by atoms with Crippen molar-refractivity contribution < 1.29 is 18.4 Å². The number of ketones is 1. The molecule has 1 saturated carbocycles. The Hall–Kier alpha value is -1.82. The second-order valence-electron chi connectivity index (χ2n) is 5.06. The van der Waals surface area contributed by atoms with Crippen LogP contribution >= 0.6 is 0 Å². The fourth-order valence-electron chi connectivity index (χ4n) is 1.85. The number of carbonyl (C=O) groups is 2. The number of likely N-dealkylation sites (N-methyl/N-ethyl adjacent to an activating group) is 1. The van der Waals surface area contributed by atoms with E-state index in [1.807, 2.05) is 0 Å². The molecule has 1 N–H and O–H groups in total. The zero-order valence-electron chi connectivity index (χ0n) is 11.2. The lowest BCUT2D eigenvalue weighted by Crippen LogP contribution is -2.38. The average molecular weight is 282 g/mol. The van der Waals surface area contributed by atoms with Gasteiger partial charge in [0.05, 0.1) is 18.7 Å². The van der Waals surface area contributed by atoms with E-state index in [1.54, 1.807) is 7.05 Å². The van der Waals surface area contributed by atoms with Crippen LogP contribution in [0.4, 0.5) is 8.78 Å². The smallest absolute Gasteiger partial charge is 0.234 e. The fourth-order valence-corrected chi connectivity index (χ4v) is 1.85. The number of benzene rings is 1. The van der Waals surface area contributed by atoms with E-state index in [1.165, 1.54) is 4.90 Å². The molecule has 0 saturated heterocycles. The Morgan fingerprint density at radius 1 is 1.30 bits per heavy atom. The van der Waals surface area contributed by atoms with Gasteiger partial charge in [0.25, 0.3) is 0 Å². The van der Waals surface area contributed by atoms with Crippen LogP contribution < -0.4 is 5.32 Å². The number of nitrogens with one attached hydrogen (secondary N) is 1. The van der Waals surface area contributed by atoms with E-state index in [-0.39, 0.29) is 30.6 Å². The molecule has 4 nitrogen and oxygen atoms in total. The van der Waals surface area contributed by atoms with Crippen molar-refractivity contribution >= 4 is 11.7 Å². The summed E-state index contributed by atoms with van der Waals surface area (Å²) in [6, 6.07) is 3.09. The van der Waals surface area contributed by atoms with E-state index < -0.39 is 17.4 Å². The van der Waals surface area contributed by atoms with E-state index in [4.69, 9.17) is 0 Å². The summed E-state index contributed by atoms with van der Waals surface area (Å²) in [5, 5.41) is 2.80. The third kappa shape index (κ3) is 4.09. The second-order valence-corrected chi connectivity index (χ2v) is 5.06. The first kappa shape index (κ1) is 14.6. The molecule has 20 heavy (non-hydrogen) atoms. The number of Topliss-reactive ketones (excluding diaryl/α,β-unsaturated/α-hetero) is 1. The molecule has 0 aliphatic heterocycles. The van der Waals surface area contributed by atoms with Crippen LogP contribution in [0.5, 0.6) is 0 Å². The molecule has 0 heterocycles. The first-order chi connectivity index (χ1) is 9.45. The highest BCUT2D eigenvalue weighted by molar-refractivity contribution is 5.98. The van der Waals surface area contributed by atoms with Crippen molar-refractivity contribution in [3.63, 3.8) is 0 Å². The van der Waals surface area contributed by atoms with Crippen LogP contribution in [0.3, 0.4) is 0 Å². The molecule has 6 heteroatoms. The lowest BCUT2D eigenvalue weighted by atomic mass is 10.1. The SMILES string of the molecule is CN(CC(=O)NC1CC1)CC(=O)c1ccc(F)cc1F. The molecule has 0 bridgehead atoms. The molecule has 1 aromatic carbocycles. The zero-order valence-corrected chi connectivity index (χ0v) is 11.2. The summed E-state index contributed by atoms with van der Waals surface area (Å²) in [6.07, 6.45) is 1.99. The molecular weight excluding hydrogens is 266 g/mol. The van der Waals surface area contributed by atoms with Gasteiger partial charge in [0.1, 0.15) is 11.6 Å². The number of hydrogen-bond donors (Lipinski definition) is 1. The Morgan fingerprint density at radius 2 is 2.00 bits per heavy atom. The number of carbonyl (C=O) groups excluding carboxylic acids is 2. The van der Waals surface area contributed by atoms with Gasteiger partial charge in [0.2, 0.25) is 5.91 Å². The summed E-state index contributed by atoms with van der Waals surface area (Å²) in [5.74, 6) is -2.24. The van der Waals surface area contributed by atoms with E-state index >= 15 is 0 Å². The van der Waals surface area contributed by atoms with Crippen LogP contribution in [0.2, 0.25) is 0 Å². The summed E-state index contributed by atoms with van der Waals surface area (Å²) >= 11 is 0. The van der Waals surface area contributed by atoms with Crippen LogP contribution in [0.25, 0.3) is 0 Å². The summed E-state index contributed by atoms with van der Waals surface area (Å²) in [6.45, 7) is -0.0221. The number of hydrogen-bond acceptors (Lipinski definition) is 3. The maximum Gasteiger partial charge on any atom is 0.234 e. The lowest BCUT2D eigenvalue weighted by molar-refractivity contribution is -0.121. The van der Waals surface area contributed by atoms with Crippen LogP contribution in [0.15, 0.2) is 18.2 Å². The molecular formula is C14H16F2N2O2. The molecule has 0 aromatic heterocycles. The van der Waals surface area contributed by atoms with Crippen LogP contribution in [-0.4, -0.2) is 42.8 Å². The molecule has 1 fully saturated rings. The maximum absolute atomic E-state index is 13.4. The first-order valence-corrected chi connectivity index (χ1v) is 6.42. The average Bonchev–Trinajstić information content (AvgIpc) is 3.11. The summed E-state index contributed by atoms with van der Waals surface area (Å²) in [7, 11) is 1.60. The number of nitrogens with zero attached hydrogens (tertiary/aromatic N) is 1. The quantitative estimate of drug-likeness (QED) is 0.801. The van der Waals surface area contributed by atoms with Crippen molar-refractivity contribution in [2.75, 3.05) is 20.1 Å². The number of halogens is 2. The van der Waals surface area contributed by atoms with Crippen LogP contribution in [-0.2, 0) is 4.79 Å². The van der Waals surface area contributed by atoms with E-state index in [0.717, 1.165) is 25.0 Å². The highest BCUT2D eigenvalue weighted by atomic mass is 19.1. The Balaban J connectivity index is 1.87. The van der Waals surface area contributed by atoms with Gasteiger partial charge >= 0.3 is 0 Å². The normalized spacial score (nSPS) is 14.4. The molecule has 1 aliphatic rings. The highest BCUT2D eigenvalue weighted by Crippen LogP contribution is 2.18. The molecule has 2 rings (SSSR count). The van der Waals surface area contributed by atoms with Crippen molar-refractivity contribution in [3.05, 3.63) is 35.4 Å². The maximum atomic E-state index is 13.4. The lowest BCUT2D eigenvalue weighted by Gasteiger charge is -2.15. The fraction of sp³-hybridized carbons (Fsp3) is 0.429. The Kier molecular flexibility index (Phi) is 4.44. The van der Waals surface area contributed by atoms with Gasteiger partial charge in [-0.1, -0.05) is 0 Å². The molecule has 0 unspecified atom stereocenters. The van der Waals surface area contributed by atoms with E-state index in [9.17, 15) is 18.4 Å². The predicted octanol–water partition coefficient (Wildman–Crippen LogP) is 1.36. The van der Waals surface area contributed by atoms with Crippen molar-refractivity contribution in [2.45, 2.75) is 18.9 Å². The monoisotopic (exact) mass is 282 g/mol. The standard InChI is InChI=1S/C14H16F2N2O2/c1-18(8-14(20)17-10-3-4-10)7-13(19)11-5-2-9(15)6-12(11)16/h2,5-6,10H,3-4,7-8H2,1H3,(H,17,20). The largest absolute Gasteiger partial charge is 0.352 e. The molecule has 0 radical (unpaired) electrons. The molecule has 0 spiro atoms. The molecule has 1 amide bonds. The van der Waals surface area contributed by atoms with Crippen molar-refractivity contribution in [1.29, 1.82) is 0 Å². The van der Waals surface area contributed by atoms with Crippen LogP contribution in [0, 0.1) is 11.6 Å². The minimum absolute atomic E-state index is 0.0745. The van der Waals surface area contributed by atoms with Crippen molar-refractivity contribution in [2.24, 2.45) is 0 Å². The minimum atomic E-state index is -0.883.